The molecule has 0 saturated heterocycles. The Bertz CT molecular complexity index is 1770. The standard InChI is InChI=1S/C37H29N/c1-36(38-35-20-10-12-25-11-2-3-13-26(25)35)23-21-30-29-16-6-9-19-33(29)37(34(30)22-24-36)31-17-7-4-14-27(31)28-15-5-8-18-32(28)37/h2-22,38H,23-24H2,1H3. The summed E-state index contributed by atoms with van der Waals surface area (Å²) in [5, 5.41) is 6.53. The first-order valence-electron chi connectivity index (χ1n) is 13.7. The minimum absolute atomic E-state index is 0.0950. The van der Waals surface area contributed by atoms with Crippen LogP contribution in [0, 0.1) is 0 Å². The molecule has 5 aromatic carbocycles. The maximum atomic E-state index is 3.98. The van der Waals surface area contributed by atoms with Crippen molar-refractivity contribution < 1.29 is 0 Å². The number of rotatable bonds is 2. The van der Waals surface area contributed by atoms with Crippen LogP contribution in [-0.2, 0) is 5.41 Å². The van der Waals surface area contributed by atoms with Crippen molar-refractivity contribution in [1.29, 1.82) is 0 Å². The first-order valence-corrected chi connectivity index (χ1v) is 13.7. The molecule has 0 saturated carbocycles. The molecule has 3 aliphatic carbocycles. The van der Waals surface area contributed by atoms with E-state index in [0.717, 1.165) is 12.8 Å². The van der Waals surface area contributed by atoms with Crippen molar-refractivity contribution in [1.82, 2.24) is 0 Å². The molecule has 8 rings (SSSR count). The molecule has 0 bridgehead atoms. The SMILES string of the molecule is CC1(Nc2cccc3ccccc23)CC=C2C(=CC1)C1(c3ccccc32)c2ccccc2-c2ccccc21. The Kier molecular flexibility index (Phi) is 4.47. The van der Waals surface area contributed by atoms with Gasteiger partial charge in [-0.1, -0.05) is 121 Å². The first kappa shape index (κ1) is 21.7. The minimum Gasteiger partial charge on any atom is -0.379 e. The van der Waals surface area contributed by atoms with Crippen LogP contribution in [0.15, 0.2) is 133 Å². The van der Waals surface area contributed by atoms with E-state index in [9.17, 15) is 0 Å². The van der Waals surface area contributed by atoms with Gasteiger partial charge in [-0.3, -0.25) is 0 Å². The van der Waals surface area contributed by atoms with Crippen molar-refractivity contribution in [2.75, 3.05) is 5.32 Å². The molecule has 182 valence electrons. The van der Waals surface area contributed by atoms with Crippen LogP contribution in [0.1, 0.15) is 42.0 Å². The maximum Gasteiger partial charge on any atom is 0.0722 e. The lowest BCUT2D eigenvalue weighted by molar-refractivity contribution is 0.528. The van der Waals surface area contributed by atoms with Crippen molar-refractivity contribution in [3.8, 4) is 11.1 Å². The van der Waals surface area contributed by atoms with Gasteiger partial charge in [-0.05, 0) is 75.7 Å². The lowest BCUT2D eigenvalue weighted by Gasteiger charge is -2.32. The molecule has 3 aliphatic rings. The Morgan fingerprint density at radius 3 is 1.84 bits per heavy atom. The van der Waals surface area contributed by atoms with Gasteiger partial charge in [0.1, 0.15) is 0 Å². The Morgan fingerprint density at radius 1 is 0.553 bits per heavy atom. The smallest absolute Gasteiger partial charge is 0.0722 e. The van der Waals surface area contributed by atoms with E-state index in [1.54, 1.807) is 0 Å². The van der Waals surface area contributed by atoms with Crippen LogP contribution >= 0.6 is 0 Å². The molecule has 1 N–H and O–H groups in total. The molecule has 1 spiro atoms. The van der Waals surface area contributed by atoms with E-state index in [2.05, 4.69) is 140 Å². The number of nitrogens with one attached hydrogen (secondary N) is 1. The van der Waals surface area contributed by atoms with E-state index in [4.69, 9.17) is 0 Å². The minimum atomic E-state index is -0.264. The van der Waals surface area contributed by atoms with Crippen molar-refractivity contribution in [2.45, 2.75) is 30.7 Å². The summed E-state index contributed by atoms with van der Waals surface area (Å²) in [5.41, 5.74) is 12.0. The molecule has 0 aliphatic heterocycles. The topological polar surface area (TPSA) is 12.0 Å². The van der Waals surface area contributed by atoms with E-state index in [-0.39, 0.29) is 11.0 Å². The summed E-state index contributed by atoms with van der Waals surface area (Å²) < 4.78 is 0. The molecule has 1 atom stereocenters. The highest BCUT2D eigenvalue weighted by Gasteiger charge is 2.53. The van der Waals surface area contributed by atoms with Crippen molar-refractivity contribution in [3.05, 3.63) is 155 Å². The summed E-state index contributed by atoms with van der Waals surface area (Å²) in [6, 6.07) is 42.4. The maximum absolute atomic E-state index is 3.98. The lowest BCUT2D eigenvalue weighted by Crippen LogP contribution is -2.33. The second kappa shape index (κ2) is 7.82. The van der Waals surface area contributed by atoms with Crippen LogP contribution in [0.5, 0.6) is 0 Å². The van der Waals surface area contributed by atoms with Gasteiger partial charge >= 0.3 is 0 Å². The number of hydrogen-bond acceptors (Lipinski definition) is 1. The normalized spacial score (nSPS) is 20.1. The molecule has 38 heavy (non-hydrogen) atoms. The highest BCUT2D eigenvalue weighted by Crippen LogP contribution is 2.64. The third-order valence-corrected chi connectivity index (χ3v) is 9.01. The fraction of sp³-hybridized carbons (Fsp3) is 0.135. The highest BCUT2D eigenvalue weighted by molar-refractivity contribution is 6.00. The number of anilines is 1. The van der Waals surface area contributed by atoms with Gasteiger partial charge in [0, 0.05) is 16.6 Å². The molecule has 5 aromatic rings. The van der Waals surface area contributed by atoms with Gasteiger partial charge in [-0.15, -0.1) is 0 Å². The van der Waals surface area contributed by atoms with Gasteiger partial charge in [-0.2, -0.15) is 0 Å². The second-order valence-corrected chi connectivity index (χ2v) is 11.2. The Hall–Kier alpha value is -4.36. The molecule has 1 nitrogen and oxygen atoms in total. The number of hydrogen-bond donors (Lipinski definition) is 1. The fourth-order valence-electron chi connectivity index (χ4n) is 7.34. The molecule has 0 aromatic heterocycles. The summed E-state index contributed by atoms with van der Waals surface area (Å²) >= 11 is 0. The molecule has 0 heterocycles. The third kappa shape index (κ3) is 2.82. The molecule has 0 fully saturated rings. The summed E-state index contributed by atoms with van der Waals surface area (Å²) in [6.45, 7) is 2.37. The fourth-order valence-corrected chi connectivity index (χ4v) is 7.34. The molecular formula is C37H29N. The van der Waals surface area contributed by atoms with Crippen LogP contribution < -0.4 is 5.32 Å². The third-order valence-electron chi connectivity index (χ3n) is 9.01. The largest absolute Gasteiger partial charge is 0.379 e. The zero-order valence-corrected chi connectivity index (χ0v) is 21.5. The van der Waals surface area contributed by atoms with Gasteiger partial charge < -0.3 is 5.32 Å². The molecule has 0 radical (unpaired) electrons. The van der Waals surface area contributed by atoms with E-state index >= 15 is 0 Å². The van der Waals surface area contributed by atoms with Crippen molar-refractivity contribution in [3.63, 3.8) is 0 Å². The van der Waals surface area contributed by atoms with E-state index < -0.39 is 0 Å². The zero-order valence-electron chi connectivity index (χ0n) is 21.5. The summed E-state index contributed by atoms with van der Waals surface area (Å²) in [4.78, 5) is 0. The average molecular weight is 488 g/mol. The average Bonchev–Trinajstić information content (AvgIpc) is 3.34. The highest BCUT2D eigenvalue weighted by atomic mass is 15.0. The summed E-state index contributed by atoms with van der Waals surface area (Å²) in [6.07, 6.45) is 6.97. The van der Waals surface area contributed by atoms with Crippen molar-refractivity contribution in [2.24, 2.45) is 0 Å². The van der Waals surface area contributed by atoms with Crippen LogP contribution in [0.3, 0.4) is 0 Å². The van der Waals surface area contributed by atoms with Gasteiger partial charge in [0.15, 0.2) is 0 Å². The quantitative estimate of drug-likeness (QED) is 0.262. The summed E-state index contributed by atoms with van der Waals surface area (Å²) in [7, 11) is 0. The Morgan fingerprint density at radius 2 is 1.11 bits per heavy atom. The predicted molar refractivity (Wildman–Crippen MR) is 159 cm³/mol. The van der Waals surface area contributed by atoms with Crippen LogP contribution in [0.25, 0.3) is 27.5 Å². The molecule has 1 heteroatoms. The van der Waals surface area contributed by atoms with Crippen LogP contribution in [0.2, 0.25) is 0 Å². The molecule has 0 amide bonds. The van der Waals surface area contributed by atoms with Crippen molar-refractivity contribution >= 4 is 22.0 Å². The van der Waals surface area contributed by atoms with Gasteiger partial charge in [0.25, 0.3) is 0 Å². The van der Waals surface area contributed by atoms with Gasteiger partial charge in [0.05, 0.1) is 5.41 Å². The van der Waals surface area contributed by atoms with Crippen LogP contribution in [0.4, 0.5) is 5.69 Å². The number of benzene rings is 5. The number of fused-ring (bicyclic) bond motifs is 11. The van der Waals surface area contributed by atoms with E-state index in [1.165, 1.54) is 61.0 Å². The number of allylic oxidation sites excluding steroid dienone is 2. The van der Waals surface area contributed by atoms with Crippen LogP contribution in [-0.4, -0.2) is 5.54 Å². The molecule has 1 unspecified atom stereocenters. The summed E-state index contributed by atoms with van der Waals surface area (Å²) in [5.74, 6) is 0. The Labute approximate surface area is 224 Å². The van der Waals surface area contributed by atoms with Gasteiger partial charge in [-0.25, -0.2) is 0 Å². The van der Waals surface area contributed by atoms with E-state index in [1.807, 2.05) is 0 Å². The molecular weight excluding hydrogens is 458 g/mol. The first-order chi connectivity index (χ1) is 18.7. The monoisotopic (exact) mass is 487 g/mol. The Balaban J connectivity index is 1.33. The zero-order chi connectivity index (χ0) is 25.3. The lowest BCUT2D eigenvalue weighted by atomic mass is 9.70. The van der Waals surface area contributed by atoms with Gasteiger partial charge in [0.2, 0.25) is 0 Å². The predicted octanol–water partition coefficient (Wildman–Crippen LogP) is 9.14. The second-order valence-electron chi connectivity index (χ2n) is 11.2. The van der Waals surface area contributed by atoms with E-state index in [0.29, 0.717) is 0 Å².